The van der Waals surface area contributed by atoms with Gasteiger partial charge < -0.3 is 9.88 Å². The van der Waals surface area contributed by atoms with E-state index in [1.807, 2.05) is 25.4 Å². The largest absolute Gasteiger partial charge is 0.330 e. The van der Waals surface area contributed by atoms with Crippen LogP contribution < -0.4 is 5.32 Å². The second-order valence-corrected chi connectivity index (χ2v) is 4.58. The van der Waals surface area contributed by atoms with E-state index in [4.69, 9.17) is 23.2 Å². The third-order valence-electron chi connectivity index (χ3n) is 2.44. The maximum atomic E-state index is 5.99. The average Bonchev–Trinajstić information content (AvgIpc) is 2.73. The molecule has 1 aromatic heterocycles. The van der Waals surface area contributed by atoms with Gasteiger partial charge in [-0.3, -0.25) is 0 Å². The van der Waals surface area contributed by atoms with Crippen LogP contribution in [0.15, 0.2) is 30.6 Å². The van der Waals surface area contributed by atoms with Crippen LogP contribution in [0.3, 0.4) is 0 Å². The Kier molecular flexibility index (Phi) is 4.05. The van der Waals surface area contributed by atoms with Crippen LogP contribution in [0.25, 0.3) is 11.4 Å². The Bertz CT molecular complexity index is 488. The van der Waals surface area contributed by atoms with Crippen molar-refractivity contribution >= 4 is 23.2 Å². The number of nitrogens with zero attached hydrogens (tertiary/aromatic N) is 2. The fraction of sp³-hybridized carbons (Fsp3) is 0.250. The minimum Gasteiger partial charge on any atom is -0.330 e. The molecule has 90 valence electrons. The summed E-state index contributed by atoms with van der Waals surface area (Å²) in [6.07, 6.45) is 3.72. The van der Waals surface area contributed by atoms with Gasteiger partial charge in [-0.1, -0.05) is 23.2 Å². The lowest BCUT2D eigenvalue weighted by molar-refractivity contribution is 0.649. The summed E-state index contributed by atoms with van der Waals surface area (Å²) < 4.78 is 2.07. The van der Waals surface area contributed by atoms with Gasteiger partial charge in [0.25, 0.3) is 0 Å². The summed E-state index contributed by atoms with van der Waals surface area (Å²) in [6, 6.07) is 5.45. The number of halogens is 2. The van der Waals surface area contributed by atoms with E-state index >= 15 is 0 Å². The Morgan fingerprint density at radius 2 is 1.94 bits per heavy atom. The molecule has 1 aromatic carbocycles. The molecule has 0 saturated heterocycles. The van der Waals surface area contributed by atoms with Crippen LogP contribution >= 0.6 is 23.2 Å². The molecular formula is C12H13Cl2N3. The fourth-order valence-electron chi connectivity index (χ4n) is 1.67. The van der Waals surface area contributed by atoms with Gasteiger partial charge in [-0.05, 0) is 25.2 Å². The van der Waals surface area contributed by atoms with Gasteiger partial charge in [0.2, 0.25) is 0 Å². The van der Waals surface area contributed by atoms with E-state index in [0.717, 1.165) is 24.5 Å². The van der Waals surface area contributed by atoms with E-state index < -0.39 is 0 Å². The van der Waals surface area contributed by atoms with Crippen molar-refractivity contribution < 1.29 is 0 Å². The van der Waals surface area contributed by atoms with Gasteiger partial charge >= 0.3 is 0 Å². The van der Waals surface area contributed by atoms with Crippen molar-refractivity contribution in [2.45, 2.75) is 6.54 Å². The van der Waals surface area contributed by atoms with Crippen molar-refractivity contribution in [1.82, 2.24) is 14.9 Å². The first-order valence-corrected chi connectivity index (χ1v) is 6.08. The fourth-order valence-corrected chi connectivity index (χ4v) is 2.19. The molecule has 0 aliphatic rings. The zero-order valence-corrected chi connectivity index (χ0v) is 11.0. The zero-order valence-electron chi connectivity index (χ0n) is 9.45. The molecule has 0 amide bonds. The molecule has 1 heterocycles. The van der Waals surface area contributed by atoms with Crippen LogP contribution in [-0.4, -0.2) is 23.1 Å². The van der Waals surface area contributed by atoms with Crippen molar-refractivity contribution in [3.8, 4) is 11.4 Å². The van der Waals surface area contributed by atoms with Gasteiger partial charge in [0.1, 0.15) is 5.82 Å². The summed E-state index contributed by atoms with van der Waals surface area (Å²) >= 11 is 12.0. The third-order valence-corrected chi connectivity index (χ3v) is 2.88. The van der Waals surface area contributed by atoms with E-state index in [9.17, 15) is 0 Å². The third kappa shape index (κ3) is 3.00. The predicted molar refractivity (Wildman–Crippen MR) is 71.6 cm³/mol. The molecule has 2 aromatic rings. The molecule has 0 atom stereocenters. The van der Waals surface area contributed by atoms with Crippen LogP contribution in [-0.2, 0) is 6.54 Å². The van der Waals surface area contributed by atoms with E-state index in [0.29, 0.717) is 10.0 Å². The van der Waals surface area contributed by atoms with Crippen LogP contribution in [0.2, 0.25) is 10.0 Å². The van der Waals surface area contributed by atoms with Gasteiger partial charge in [0.15, 0.2) is 0 Å². The van der Waals surface area contributed by atoms with Crippen LogP contribution in [0.5, 0.6) is 0 Å². The van der Waals surface area contributed by atoms with Crippen molar-refractivity contribution in [2.24, 2.45) is 0 Å². The van der Waals surface area contributed by atoms with Gasteiger partial charge in [-0.2, -0.15) is 0 Å². The highest BCUT2D eigenvalue weighted by molar-refractivity contribution is 6.35. The van der Waals surface area contributed by atoms with Crippen molar-refractivity contribution in [3.63, 3.8) is 0 Å². The van der Waals surface area contributed by atoms with E-state index in [2.05, 4.69) is 14.9 Å². The van der Waals surface area contributed by atoms with E-state index in [1.54, 1.807) is 12.3 Å². The Hall–Kier alpha value is -1.03. The van der Waals surface area contributed by atoms with Crippen LogP contribution in [0, 0.1) is 0 Å². The molecule has 0 aliphatic carbocycles. The second kappa shape index (κ2) is 5.54. The number of benzene rings is 1. The number of likely N-dealkylation sites (N-methyl/N-ethyl adjacent to an activating group) is 1. The van der Waals surface area contributed by atoms with Crippen molar-refractivity contribution in [2.75, 3.05) is 13.6 Å². The predicted octanol–water partition coefficient (Wildman–Crippen LogP) is 3.08. The average molecular weight is 270 g/mol. The number of hydrogen-bond donors (Lipinski definition) is 1. The minimum atomic E-state index is 0.621. The Morgan fingerprint density at radius 3 is 2.59 bits per heavy atom. The normalized spacial score (nSPS) is 10.8. The smallest absolute Gasteiger partial charge is 0.140 e. The highest BCUT2D eigenvalue weighted by atomic mass is 35.5. The maximum Gasteiger partial charge on any atom is 0.140 e. The number of aromatic nitrogens is 2. The van der Waals surface area contributed by atoms with Gasteiger partial charge in [-0.15, -0.1) is 0 Å². The number of nitrogens with one attached hydrogen (secondary N) is 1. The molecule has 0 spiro atoms. The molecule has 0 bridgehead atoms. The minimum absolute atomic E-state index is 0.621. The standard InChI is InChI=1S/C12H13Cl2N3/c1-15-2-4-17-5-3-16-12(17)9-6-10(13)8-11(14)7-9/h3,5-8,15H,2,4H2,1H3. The number of rotatable bonds is 4. The summed E-state index contributed by atoms with van der Waals surface area (Å²) in [5.41, 5.74) is 0.934. The zero-order chi connectivity index (χ0) is 12.3. The first-order chi connectivity index (χ1) is 8.20. The molecular weight excluding hydrogens is 257 g/mol. The van der Waals surface area contributed by atoms with E-state index in [1.165, 1.54) is 0 Å². The second-order valence-electron chi connectivity index (χ2n) is 3.71. The Balaban J connectivity index is 2.35. The monoisotopic (exact) mass is 269 g/mol. The lowest BCUT2D eigenvalue weighted by Gasteiger charge is -2.08. The van der Waals surface area contributed by atoms with Gasteiger partial charge in [-0.25, -0.2) is 4.98 Å². The molecule has 3 nitrogen and oxygen atoms in total. The SMILES string of the molecule is CNCCn1ccnc1-c1cc(Cl)cc(Cl)c1. The van der Waals surface area contributed by atoms with Gasteiger partial charge in [0.05, 0.1) is 0 Å². The van der Waals surface area contributed by atoms with Crippen molar-refractivity contribution in [3.05, 3.63) is 40.6 Å². The molecule has 17 heavy (non-hydrogen) atoms. The lowest BCUT2D eigenvalue weighted by Crippen LogP contribution is -2.15. The quantitative estimate of drug-likeness (QED) is 0.925. The first kappa shape index (κ1) is 12.4. The molecule has 5 heteroatoms. The Labute approximate surface area is 110 Å². The highest BCUT2D eigenvalue weighted by Crippen LogP contribution is 2.26. The summed E-state index contributed by atoms with van der Waals surface area (Å²) in [5, 5.41) is 4.35. The molecule has 0 saturated carbocycles. The molecule has 2 rings (SSSR count). The van der Waals surface area contributed by atoms with Gasteiger partial charge in [0, 0.05) is 41.1 Å². The molecule has 0 radical (unpaired) electrons. The van der Waals surface area contributed by atoms with Crippen LogP contribution in [0.1, 0.15) is 0 Å². The topological polar surface area (TPSA) is 29.9 Å². The summed E-state index contributed by atoms with van der Waals surface area (Å²) in [6.45, 7) is 1.74. The molecule has 0 aliphatic heterocycles. The Morgan fingerprint density at radius 1 is 1.24 bits per heavy atom. The van der Waals surface area contributed by atoms with Crippen LogP contribution in [0.4, 0.5) is 0 Å². The summed E-state index contributed by atoms with van der Waals surface area (Å²) in [5.74, 6) is 0.879. The van der Waals surface area contributed by atoms with Crippen molar-refractivity contribution in [1.29, 1.82) is 0 Å². The van der Waals surface area contributed by atoms with E-state index in [-0.39, 0.29) is 0 Å². The maximum absolute atomic E-state index is 5.99. The number of imidazole rings is 1. The summed E-state index contributed by atoms with van der Waals surface area (Å²) in [4.78, 5) is 4.34. The summed E-state index contributed by atoms with van der Waals surface area (Å²) in [7, 11) is 1.92. The lowest BCUT2D eigenvalue weighted by atomic mass is 10.2. The molecule has 0 unspecified atom stereocenters. The number of hydrogen-bond acceptors (Lipinski definition) is 2. The first-order valence-electron chi connectivity index (χ1n) is 5.33. The highest BCUT2D eigenvalue weighted by Gasteiger charge is 2.07. The molecule has 0 fully saturated rings. The molecule has 1 N–H and O–H groups in total.